The summed E-state index contributed by atoms with van der Waals surface area (Å²) in [5.74, 6) is 0.291. The Kier molecular flexibility index (Phi) is 5.44. The molecule has 3 nitrogen and oxygen atoms in total. The van der Waals surface area contributed by atoms with Crippen molar-refractivity contribution in [2.45, 2.75) is 65.3 Å². The third-order valence-corrected chi connectivity index (χ3v) is 4.13. The molecule has 3 heteroatoms. The molecule has 0 spiro atoms. The molecule has 1 saturated carbocycles. The Morgan fingerprint density at radius 3 is 2.12 bits per heavy atom. The van der Waals surface area contributed by atoms with E-state index in [9.17, 15) is 4.79 Å². The van der Waals surface area contributed by atoms with E-state index >= 15 is 0 Å². The molecule has 1 aliphatic carbocycles. The zero-order chi connectivity index (χ0) is 12.9. The SMILES string of the molecule is CCN(C(=O)C1(CN)CCCCCC1)C(C)C. The minimum absolute atomic E-state index is 0.267. The summed E-state index contributed by atoms with van der Waals surface area (Å²) in [6.07, 6.45) is 6.76. The topological polar surface area (TPSA) is 46.3 Å². The summed E-state index contributed by atoms with van der Waals surface area (Å²) < 4.78 is 0. The van der Waals surface area contributed by atoms with E-state index in [0.29, 0.717) is 12.5 Å². The molecule has 1 rings (SSSR count). The van der Waals surface area contributed by atoms with Gasteiger partial charge in [-0.1, -0.05) is 25.7 Å². The van der Waals surface area contributed by atoms with Crippen molar-refractivity contribution in [2.24, 2.45) is 11.1 Å². The number of amides is 1. The molecular weight excluding hydrogens is 212 g/mol. The van der Waals surface area contributed by atoms with Gasteiger partial charge in [0.2, 0.25) is 5.91 Å². The van der Waals surface area contributed by atoms with E-state index in [-0.39, 0.29) is 11.5 Å². The summed E-state index contributed by atoms with van der Waals surface area (Å²) in [7, 11) is 0. The summed E-state index contributed by atoms with van der Waals surface area (Å²) in [6, 6.07) is 0.277. The van der Waals surface area contributed by atoms with Gasteiger partial charge >= 0.3 is 0 Å². The smallest absolute Gasteiger partial charge is 0.230 e. The molecule has 0 saturated heterocycles. The number of nitrogens with two attached hydrogens (primary N) is 1. The fraction of sp³-hybridized carbons (Fsp3) is 0.929. The lowest BCUT2D eigenvalue weighted by Crippen LogP contribution is -2.50. The van der Waals surface area contributed by atoms with Crippen LogP contribution in [0.25, 0.3) is 0 Å². The van der Waals surface area contributed by atoms with E-state index in [0.717, 1.165) is 32.2 Å². The lowest BCUT2D eigenvalue weighted by Gasteiger charge is -2.37. The third-order valence-electron chi connectivity index (χ3n) is 4.13. The van der Waals surface area contributed by atoms with Gasteiger partial charge in [0.05, 0.1) is 5.41 Å². The minimum Gasteiger partial charge on any atom is -0.340 e. The van der Waals surface area contributed by atoms with Crippen LogP contribution in [0.4, 0.5) is 0 Å². The van der Waals surface area contributed by atoms with E-state index in [1.54, 1.807) is 0 Å². The molecule has 0 atom stereocenters. The van der Waals surface area contributed by atoms with Crippen LogP contribution >= 0.6 is 0 Å². The fourth-order valence-corrected chi connectivity index (χ4v) is 2.96. The predicted molar refractivity (Wildman–Crippen MR) is 71.7 cm³/mol. The molecular formula is C14H28N2O. The first kappa shape index (κ1) is 14.5. The zero-order valence-corrected chi connectivity index (χ0v) is 11.7. The molecule has 1 fully saturated rings. The van der Waals surface area contributed by atoms with Crippen LogP contribution in [-0.2, 0) is 4.79 Å². The van der Waals surface area contributed by atoms with Crippen LogP contribution in [-0.4, -0.2) is 29.9 Å². The van der Waals surface area contributed by atoms with Gasteiger partial charge in [-0.3, -0.25) is 4.79 Å². The monoisotopic (exact) mass is 240 g/mol. The third kappa shape index (κ3) is 3.21. The Morgan fingerprint density at radius 2 is 1.76 bits per heavy atom. The van der Waals surface area contributed by atoms with Crippen molar-refractivity contribution in [2.75, 3.05) is 13.1 Å². The first-order valence-corrected chi connectivity index (χ1v) is 7.08. The zero-order valence-electron chi connectivity index (χ0n) is 11.7. The molecule has 17 heavy (non-hydrogen) atoms. The molecule has 0 bridgehead atoms. The van der Waals surface area contributed by atoms with Gasteiger partial charge in [-0.15, -0.1) is 0 Å². The summed E-state index contributed by atoms with van der Waals surface area (Å²) in [4.78, 5) is 14.7. The average Bonchev–Trinajstić information content (AvgIpc) is 2.55. The number of nitrogens with zero attached hydrogens (tertiary/aromatic N) is 1. The summed E-state index contributed by atoms with van der Waals surface area (Å²) in [5.41, 5.74) is 5.69. The van der Waals surface area contributed by atoms with Crippen molar-refractivity contribution < 1.29 is 4.79 Å². The molecule has 0 aromatic heterocycles. The van der Waals surface area contributed by atoms with Gasteiger partial charge in [0.1, 0.15) is 0 Å². The normalized spacial score (nSPS) is 20.1. The second-order valence-electron chi connectivity index (χ2n) is 5.58. The van der Waals surface area contributed by atoms with Crippen molar-refractivity contribution >= 4 is 5.91 Å². The molecule has 0 heterocycles. The van der Waals surface area contributed by atoms with E-state index in [2.05, 4.69) is 20.8 Å². The van der Waals surface area contributed by atoms with E-state index in [1.807, 2.05) is 4.90 Å². The maximum atomic E-state index is 12.7. The molecule has 0 unspecified atom stereocenters. The Morgan fingerprint density at radius 1 is 1.24 bits per heavy atom. The van der Waals surface area contributed by atoms with Gasteiger partial charge in [0.15, 0.2) is 0 Å². The molecule has 1 amide bonds. The summed E-state index contributed by atoms with van der Waals surface area (Å²) in [6.45, 7) is 7.52. The minimum atomic E-state index is -0.267. The van der Waals surface area contributed by atoms with Crippen molar-refractivity contribution in [3.63, 3.8) is 0 Å². The molecule has 0 aromatic carbocycles. The van der Waals surface area contributed by atoms with Crippen molar-refractivity contribution in [3.05, 3.63) is 0 Å². The summed E-state index contributed by atoms with van der Waals surface area (Å²) >= 11 is 0. The van der Waals surface area contributed by atoms with Crippen LogP contribution in [0.3, 0.4) is 0 Å². The first-order valence-electron chi connectivity index (χ1n) is 7.08. The van der Waals surface area contributed by atoms with Gasteiger partial charge in [-0.25, -0.2) is 0 Å². The lowest BCUT2D eigenvalue weighted by molar-refractivity contribution is -0.144. The average molecular weight is 240 g/mol. The van der Waals surface area contributed by atoms with Crippen LogP contribution < -0.4 is 5.73 Å². The molecule has 1 aliphatic rings. The number of carbonyl (C=O) groups is 1. The highest BCUT2D eigenvalue weighted by Gasteiger charge is 2.40. The quantitative estimate of drug-likeness (QED) is 0.768. The number of rotatable bonds is 4. The Labute approximate surface area is 106 Å². The number of hydrogen-bond acceptors (Lipinski definition) is 2. The van der Waals surface area contributed by atoms with Crippen LogP contribution in [0.15, 0.2) is 0 Å². The molecule has 0 aromatic rings. The van der Waals surface area contributed by atoms with Gasteiger partial charge in [-0.05, 0) is 33.6 Å². The highest BCUT2D eigenvalue weighted by molar-refractivity contribution is 5.83. The predicted octanol–water partition coefficient (Wildman–Crippen LogP) is 2.54. The lowest BCUT2D eigenvalue weighted by atomic mass is 9.78. The molecule has 100 valence electrons. The molecule has 2 N–H and O–H groups in total. The van der Waals surface area contributed by atoms with Crippen LogP contribution in [0.5, 0.6) is 0 Å². The largest absolute Gasteiger partial charge is 0.340 e. The van der Waals surface area contributed by atoms with E-state index in [4.69, 9.17) is 5.73 Å². The molecule has 0 radical (unpaired) electrons. The standard InChI is InChI=1S/C14H28N2O/c1-4-16(12(2)3)13(17)14(11-15)9-7-5-6-8-10-14/h12H,4-11,15H2,1-3H3. The van der Waals surface area contributed by atoms with Crippen molar-refractivity contribution in [1.82, 2.24) is 4.90 Å². The van der Waals surface area contributed by atoms with E-state index in [1.165, 1.54) is 12.8 Å². The maximum Gasteiger partial charge on any atom is 0.230 e. The Bertz CT molecular complexity index is 243. The molecule has 0 aliphatic heterocycles. The van der Waals surface area contributed by atoms with Gasteiger partial charge < -0.3 is 10.6 Å². The van der Waals surface area contributed by atoms with E-state index < -0.39 is 0 Å². The number of carbonyl (C=O) groups excluding carboxylic acids is 1. The van der Waals surface area contributed by atoms with Crippen LogP contribution in [0.1, 0.15) is 59.3 Å². The van der Waals surface area contributed by atoms with Gasteiger partial charge in [0, 0.05) is 19.1 Å². The van der Waals surface area contributed by atoms with Crippen molar-refractivity contribution in [1.29, 1.82) is 0 Å². The first-order chi connectivity index (χ1) is 8.07. The maximum absolute atomic E-state index is 12.7. The highest BCUT2D eigenvalue weighted by Crippen LogP contribution is 2.36. The highest BCUT2D eigenvalue weighted by atomic mass is 16.2. The Balaban J connectivity index is 2.86. The van der Waals surface area contributed by atoms with Gasteiger partial charge in [-0.2, -0.15) is 0 Å². The fourth-order valence-electron chi connectivity index (χ4n) is 2.96. The van der Waals surface area contributed by atoms with Crippen molar-refractivity contribution in [3.8, 4) is 0 Å². The Hall–Kier alpha value is -0.570. The second kappa shape index (κ2) is 6.39. The van der Waals surface area contributed by atoms with Crippen LogP contribution in [0, 0.1) is 5.41 Å². The van der Waals surface area contributed by atoms with Gasteiger partial charge in [0.25, 0.3) is 0 Å². The number of hydrogen-bond donors (Lipinski definition) is 1. The van der Waals surface area contributed by atoms with Crippen LogP contribution in [0.2, 0.25) is 0 Å². The second-order valence-corrected chi connectivity index (χ2v) is 5.58. The summed E-state index contributed by atoms with van der Waals surface area (Å²) in [5, 5.41) is 0.